The van der Waals surface area contributed by atoms with Crippen molar-refractivity contribution in [1.29, 1.82) is 0 Å². The highest BCUT2D eigenvalue weighted by Crippen LogP contribution is 2.18. The van der Waals surface area contributed by atoms with Crippen LogP contribution in [-0.4, -0.2) is 6.29 Å². The van der Waals surface area contributed by atoms with Crippen LogP contribution in [0.2, 0.25) is 0 Å². The first-order chi connectivity index (χ1) is 4.06. The molecule has 52 valence electrons. The van der Waals surface area contributed by atoms with E-state index in [1.54, 1.807) is 6.08 Å². The summed E-state index contributed by atoms with van der Waals surface area (Å²) in [6.07, 6.45) is 5.22. The van der Waals surface area contributed by atoms with Crippen molar-refractivity contribution in [3.8, 4) is 0 Å². The van der Waals surface area contributed by atoms with Gasteiger partial charge in [-0.25, -0.2) is 0 Å². The van der Waals surface area contributed by atoms with Crippen molar-refractivity contribution in [3.05, 3.63) is 12.2 Å². The second-order valence-electron chi connectivity index (χ2n) is 3.33. The fourth-order valence-corrected chi connectivity index (χ4v) is 0.477. The van der Waals surface area contributed by atoms with Crippen molar-refractivity contribution in [2.75, 3.05) is 0 Å². The van der Waals surface area contributed by atoms with E-state index in [4.69, 9.17) is 0 Å². The molecule has 0 radical (unpaired) electrons. The molecule has 0 N–H and O–H groups in total. The molecule has 0 fully saturated rings. The maximum absolute atomic E-state index is 9.80. The zero-order valence-corrected chi connectivity index (χ0v) is 6.35. The Balaban J connectivity index is 3.50. The van der Waals surface area contributed by atoms with E-state index < -0.39 is 0 Å². The third kappa shape index (κ3) is 7.41. The number of allylic oxidation sites excluding steroid dienone is 2. The van der Waals surface area contributed by atoms with Gasteiger partial charge in [-0.1, -0.05) is 26.8 Å². The second kappa shape index (κ2) is 3.44. The van der Waals surface area contributed by atoms with E-state index in [1.165, 1.54) is 0 Å². The maximum atomic E-state index is 9.80. The summed E-state index contributed by atoms with van der Waals surface area (Å²) in [4.78, 5) is 9.80. The van der Waals surface area contributed by atoms with E-state index in [1.807, 2.05) is 6.08 Å². The van der Waals surface area contributed by atoms with Gasteiger partial charge in [0.1, 0.15) is 6.29 Å². The molecule has 1 heteroatoms. The van der Waals surface area contributed by atoms with E-state index in [0.717, 1.165) is 12.7 Å². The zero-order chi connectivity index (χ0) is 7.33. The van der Waals surface area contributed by atoms with E-state index in [-0.39, 0.29) is 0 Å². The molecule has 0 aromatic carbocycles. The van der Waals surface area contributed by atoms with E-state index in [2.05, 4.69) is 20.8 Å². The first-order valence-electron chi connectivity index (χ1n) is 3.16. The van der Waals surface area contributed by atoms with Gasteiger partial charge < -0.3 is 0 Å². The molecular weight excluding hydrogens is 112 g/mol. The van der Waals surface area contributed by atoms with Crippen LogP contribution in [0.3, 0.4) is 0 Å². The highest BCUT2D eigenvalue weighted by molar-refractivity contribution is 5.64. The number of aldehydes is 1. The van der Waals surface area contributed by atoms with Crippen LogP contribution in [0.15, 0.2) is 12.2 Å². The Kier molecular flexibility index (Phi) is 3.21. The summed E-state index contributed by atoms with van der Waals surface area (Å²) < 4.78 is 0. The zero-order valence-electron chi connectivity index (χ0n) is 6.35. The Hall–Kier alpha value is -0.590. The van der Waals surface area contributed by atoms with Crippen LogP contribution >= 0.6 is 0 Å². The Labute approximate surface area is 56.8 Å². The maximum Gasteiger partial charge on any atom is 0.142 e. The molecular formula is C8H14O. The Morgan fingerprint density at radius 3 is 2.22 bits per heavy atom. The molecule has 0 aliphatic heterocycles. The Bertz CT molecular complexity index is 106. The molecule has 1 nitrogen and oxygen atoms in total. The SMILES string of the molecule is CC(C)(C)C/C=C/C=O. The minimum absolute atomic E-state index is 0.305. The lowest BCUT2D eigenvalue weighted by Crippen LogP contribution is -2.01. The standard InChI is InChI=1S/C8H14O/c1-8(2,3)6-4-5-7-9/h4-5,7H,6H2,1-3H3/b5-4+. The van der Waals surface area contributed by atoms with Crippen LogP contribution in [0.5, 0.6) is 0 Å². The largest absolute Gasteiger partial charge is 0.299 e. The first-order valence-corrected chi connectivity index (χ1v) is 3.16. The number of hydrogen-bond acceptors (Lipinski definition) is 1. The highest BCUT2D eigenvalue weighted by Gasteiger charge is 2.05. The van der Waals surface area contributed by atoms with Crippen LogP contribution in [0, 0.1) is 5.41 Å². The number of carbonyl (C=O) groups is 1. The average molecular weight is 126 g/mol. The van der Waals surface area contributed by atoms with E-state index >= 15 is 0 Å². The molecule has 0 rings (SSSR count). The van der Waals surface area contributed by atoms with Crippen LogP contribution in [0.4, 0.5) is 0 Å². The molecule has 0 amide bonds. The molecule has 0 bridgehead atoms. The van der Waals surface area contributed by atoms with Crippen molar-refractivity contribution in [2.24, 2.45) is 5.41 Å². The van der Waals surface area contributed by atoms with Gasteiger partial charge in [-0.2, -0.15) is 0 Å². The first kappa shape index (κ1) is 8.41. The number of carbonyl (C=O) groups excluding carboxylic acids is 1. The topological polar surface area (TPSA) is 17.1 Å². The van der Waals surface area contributed by atoms with Gasteiger partial charge in [-0.05, 0) is 17.9 Å². The molecule has 0 aromatic heterocycles. The van der Waals surface area contributed by atoms with E-state index in [0.29, 0.717) is 5.41 Å². The molecule has 0 saturated carbocycles. The smallest absolute Gasteiger partial charge is 0.142 e. The number of hydrogen-bond donors (Lipinski definition) is 0. The van der Waals surface area contributed by atoms with Crippen molar-refractivity contribution in [3.63, 3.8) is 0 Å². The quantitative estimate of drug-likeness (QED) is 0.409. The lowest BCUT2D eigenvalue weighted by molar-refractivity contribution is -0.104. The average Bonchev–Trinajstić information content (AvgIpc) is 1.63. The minimum atomic E-state index is 0.305. The summed E-state index contributed by atoms with van der Waals surface area (Å²) in [5, 5.41) is 0. The summed E-state index contributed by atoms with van der Waals surface area (Å²) in [7, 11) is 0. The molecule has 0 saturated heterocycles. The highest BCUT2D eigenvalue weighted by atomic mass is 16.1. The van der Waals surface area contributed by atoms with Gasteiger partial charge in [0.2, 0.25) is 0 Å². The van der Waals surface area contributed by atoms with Crippen LogP contribution in [0.25, 0.3) is 0 Å². The van der Waals surface area contributed by atoms with Crippen molar-refractivity contribution < 1.29 is 4.79 Å². The van der Waals surface area contributed by atoms with Crippen LogP contribution in [0.1, 0.15) is 27.2 Å². The third-order valence-corrected chi connectivity index (χ3v) is 0.945. The van der Waals surface area contributed by atoms with Gasteiger partial charge in [0, 0.05) is 0 Å². The summed E-state index contributed by atoms with van der Waals surface area (Å²) in [6, 6.07) is 0. The Morgan fingerprint density at radius 1 is 1.33 bits per heavy atom. The lowest BCUT2D eigenvalue weighted by Gasteiger charge is -2.13. The molecule has 0 heterocycles. The molecule has 0 unspecified atom stereocenters. The molecule has 0 aromatic rings. The Morgan fingerprint density at radius 2 is 1.89 bits per heavy atom. The van der Waals surface area contributed by atoms with Gasteiger partial charge >= 0.3 is 0 Å². The van der Waals surface area contributed by atoms with Crippen LogP contribution in [-0.2, 0) is 4.79 Å². The third-order valence-electron chi connectivity index (χ3n) is 0.945. The van der Waals surface area contributed by atoms with Crippen molar-refractivity contribution in [1.82, 2.24) is 0 Å². The monoisotopic (exact) mass is 126 g/mol. The van der Waals surface area contributed by atoms with Crippen molar-refractivity contribution >= 4 is 6.29 Å². The second-order valence-corrected chi connectivity index (χ2v) is 3.33. The van der Waals surface area contributed by atoms with Gasteiger partial charge in [0.05, 0.1) is 0 Å². The van der Waals surface area contributed by atoms with Gasteiger partial charge in [0.25, 0.3) is 0 Å². The number of rotatable bonds is 2. The summed E-state index contributed by atoms with van der Waals surface area (Å²) in [5.74, 6) is 0. The molecule has 0 aliphatic carbocycles. The predicted molar refractivity (Wildman–Crippen MR) is 39.3 cm³/mol. The molecule has 9 heavy (non-hydrogen) atoms. The fraction of sp³-hybridized carbons (Fsp3) is 0.625. The normalized spacial score (nSPS) is 12.3. The fourth-order valence-electron chi connectivity index (χ4n) is 0.477. The van der Waals surface area contributed by atoms with Gasteiger partial charge in [-0.3, -0.25) is 4.79 Å². The molecule has 0 aliphatic rings. The predicted octanol–water partition coefficient (Wildman–Crippen LogP) is 2.18. The van der Waals surface area contributed by atoms with Gasteiger partial charge in [0.15, 0.2) is 0 Å². The summed E-state index contributed by atoms with van der Waals surface area (Å²) >= 11 is 0. The van der Waals surface area contributed by atoms with Crippen molar-refractivity contribution in [2.45, 2.75) is 27.2 Å². The van der Waals surface area contributed by atoms with Crippen LogP contribution < -0.4 is 0 Å². The minimum Gasteiger partial charge on any atom is -0.299 e. The molecule has 0 spiro atoms. The lowest BCUT2D eigenvalue weighted by atomic mass is 9.92. The molecule has 0 atom stereocenters. The van der Waals surface area contributed by atoms with E-state index in [9.17, 15) is 4.79 Å². The summed E-state index contributed by atoms with van der Waals surface area (Å²) in [6.45, 7) is 6.42. The van der Waals surface area contributed by atoms with Gasteiger partial charge in [-0.15, -0.1) is 0 Å². The summed E-state index contributed by atoms with van der Waals surface area (Å²) in [5.41, 5.74) is 0.305.